The molecule has 196 valence electrons. The lowest BCUT2D eigenvalue weighted by atomic mass is 10.0. The van der Waals surface area contributed by atoms with E-state index in [0.717, 1.165) is 36.2 Å². The number of ether oxygens (including phenoxy) is 2. The van der Waals surface area contributed by atoms with Crippen molar-refractivity contribution in [2.24, 2.45) is 0 Å². The number of aromatic amines is 1. The summed E-state index contributed by atoms with van der Waals surface area (Å²) < 4.78 is 19.1. The summed E-state index contributed by atoms with van der Waals surface area (Å²) in [7, 11) is 0. The highest BCUT2D eigenvalue weighted by Gasteiger charge is 2.32. The van der Waals surface area contributed by atoms with Gasteiger partial charge in [0.1, 0.15) is 19.0 Å². The summed E-state index contributed by atoms with van der Waals surface area (Å²) in [5.74, 6) is 2.94. The molecule has 0 amide bonds. The van der Waals surface area contributed by atoms with Crippen molar-refractivity contribution >= 4 is 10.9 Å². The Morgan fingerprint density at radius 2 is 1.92 bits per heavy atom. The van der Waals surface area contributed by atoms with E-state index in [4.69, 9.17) is 13.9 Å². The molecule has 1 N–H and O–H groups in total. The van der Waals surface area contributed by atoms with Gasteiger partial charge < -0.3 is 18.9 Å². The molecule has 10 nitrogen and oxygen atoms in total. The van der Waals surface area contributed by atoms with E-state index < -0.39 is 0 Å². The first-order valence-electron chi connectivity index (χ1n) is 12.9. The van der Waals surface area contributed by atoms with Crippen molar-refractivity contribution in [2.45, 2.75) is 71.6 Å². The summed E-state index contributed by atoms with van der Waals surface area (Å²) in [6.07, 6.45) is 4.30. The summed E-state index contributed by atoms with van der Waals surface area (Å²) in [5.41, 5.74) is 0.972. The number of H-pyrrole nitrogens is 1. The van der Waals surface area contributed by atoms with Gasteiger partial charge in [0.2, 0.25) is 0 Å². The number of pyridine rings is 1. The quantitative estimate of drug-likeness (QED) is 0.333. The molecule has 0 spiro atoms. The summed E-state index contributed by atoms with van der Waals surface area (Å²) in [6, 6.07) is 9.39. The molecule has 0 fully saturated rings. The van der Waals surface area contributed by atoms with Crippen LogP contribution in [0.4, 0.5) is 0 Å². The lowest BCUT2D eigenvalue weighted by Gasteiger charge is -2.33. The molecule has 0 radical (unpaired) electrons. The highest BCUT2D eigenvalue weighted by atomic mass is 16.6. The van der Waals surface area contributed by atoms with Crippen LogP contribution in [0.5, 0.6) is 11.5 Å². The Labute approximate surface area is 215 Å². The normalized spacial score (nSPS) is 14.4. The van der Waals surface area contributed by atoms with Gasteiger partial charge in [0, 0.05) is 23.6 Å². The maximum absolute atomic E-state index is 13.3. The second-order valence-corrected chi connectivity index (χ2v) is 10.1. The van der Waals surface area contributed by atoms with Gasteiger partial charge in [-0.1, -0.05) is 20.3 Å². The predicted molar refractivity (Wildman–Crippen MR) is 139 cm³/mol. The van der Waals surface area contributed by atoms with Crippen molar-refractivity contribution in [3.8, 4) is 11.5 Å². The molecule has 37 heavy (non-hydrogen) atoms. The lowest BCUT2D eigenvalue weighted by Crippen LogP contribution is -2.36. The van der Waals surface area contributed by atoms with Crippen molar-refractivity contribution in [1.29, 1.82) is 0 Å². The Bertz CT molecular complexity index is 1410. The van der Waals surface area contributed by atoms with E-state index in [1.165, 1.54) is 0 Å². The Morgan fingerprint density at radius 1 is 1.14 bits per heavy atom. The number of benzene rings is 1. The molecular formula is C27H34N6O4. The first-order valence-corrected chi connectivity index (χ1v) is 12.9. The Kier molecular flexibility index (Phi) is 7.01. The van der Waals surface area contributed by atoms with Crippen molar-refractivity contribution in [3.63, 3.8) is 0 Å². The summed E-state index contributed by atoms with van der Waals surface area (Å²) in [6.45, 7) is 10.4. The van der Waals surface area contributed by atoms with E-state index in [1.54, 1.807) is 6.26 Å². The van der Waals surface area contributed by atoms with Crippen LogP contribution in [0.1, 0.15) is 70.1 Å². The van der Waals surface area contributed by atoms with Gasteiger partial charge in [0.05, 0.1) is 29.9 Å². The van der Waals surface area contributed by atoms with Crippen LogP contribution >= 0.6 is 0 Å². The van der Waals surface area contributed by atoms with Crippen molar-refractivity contribution in [3.05, 3.63) is 64.1 Å². The number of furan rings is 1. The van der Waals surface area contributed by atoms with Crippen LogP contribution in [0.15, 0.2) is 45.8 Å². The zero-order valence-corrected chi connectivity index (χ0v) is 21.9. The summed E-state index contributed by atoms with van der Waals surface area (Å²) in [5, 5.41) is 13.8. The van der Waals surface area contributed by atoms with Crippen LogP contribution in [0.2, 0.25) is 0 Å². The van der Waals surface area contributed by atoms with Gasteiger partial charge in [0.15, 0.2) is 17.3 Å². The van der Waals surface area contributed by atoms with E-state index in [9.17, 15) is 4.79 Å². The SMILES string of the molecule is CCC[C@@H](c1nnnn1C(C)(C)CC)N(Cc1ccco1)Cc1cc2cc3c(cc2[nH]c1=O)OCCO3. The molecule has 10 heteroatoms. The predicted octanol–water partition coefficient (Wildman–Crippen LogP) is 4.57. The molecule has 4 aromatic rings. The molecule has 1 atom stereocenters. The zero-order chi connectivity index (χ0) is 26.0. The summed E-state index contributed by atoms with van der Waals surface area (Å²) in [4.78, 5) is 18.5. The molecule has 1 aromatic carbocycles. The van der Waals surface area contributed by atoms with Crippen LogP contribution in [0.25, 0.3) is 10.9 Å². The van der Waals surface area contributed by atoms with E-state index in [2.05, 4.69) is 53.1 Å². The third-order valence-corrected chi connectivity index (χ3v) is 7.13. The number of nitrogens with zero attached hydrogens (tertiary/aromatic N) is 5. The molecule has 0 bridgehead atoms. The number of aromatic nitrogens is 5. The lowest BCUT2D eigenvalue weighted by molar-refractivity contribution is 0.135. The smallest absolute Gasteiger partial charge is 0.252 e. The van der Waals surface area contributed by atoms with Crippen LogP contribution in [0.3, 0.4) is 0 Å². The maximum Gasteiger partial charge on any atom is 0.252 e. The molecule has 0 saturated heterocycles. The van der Waals surface area contributed by atoms with Crippen molar-refractivity contribution in [2.75, 3.05) is 13.2 Å². The number of nitrogens with one attached hydrogen (secondary N) is 1. The molecule has 1 aliphatic rings. The van der Waals surface area contributed by atoms with Crippen LogP contribution in [-0.4, -0.2) is 43.3 Å². The monoisotopic (exact) mass is 506 g/mol. The standard InChI is InChI=1S/C27H34N6O4/c1-5-8-22(25-29-30-31-33(25)27(3,4)6-2)32(17-20-9-7-10-35-20)16-19-13-18-14-23-24(37-12-11-36-23)15-21(18)28-26(19)34/h7,9-10,13-15,22H,5-6,8,11-12,16-17H2,1-4H3,(H,28,34)/t22-/m0/s1. The molecule has 0 unspecified atom stereocenters. The van der Waals surface area contributed by atoms with E-state index in [1.807, 2.05) is 35.0 Å². The fourth-order valence-corrected chi connectivity index (χ4v) is 4.73. The number of fused-ring (bicyclic) bond motifs is 2. The fourth-order valence-electron chi connectivity index (χ4n) is 4.73. The largest absolute Gasteiger partial charge is 0.486 e. The average Bonchev–Trinajstić information content (AvgIpc) is 3.59. The van der Waals surface area contributed by atoms with Gasteiger partial charge >= 0.3 is 0 Å². The first-order chi connectivity index (χ1) is 17.9. The van der Waals surface area contributed by atoms with E-state index >= 15 is 0 Å². The maximum atomic E-state index is 13.3. The van der Waals surface area contributed by atoms with Gasteiger partial charge in [-0.3, -0.25) is 9.69 Å². The fraction of sp³-hybridized carbons (Fsp3) is 0.481. The number of rotatable bonds is 10. The first kappa shape index (κ1) is 25.0. The highest BCUT2D eigenvalue weighted by Crippen LogP contribution is 2.35. The molecular weight excluding hydrogens is 472 g/mol. The minimum atomic E-state index is -0.247. The van der Waals surface area contributed by atoms with E-state index in [0.29, 0.717) is 48.9 Å². The van der Waals surface area contributed by atoms with Gasteiger partial charge in [-0.25, -0.2) is 4.68 Å². The third kappa shape index (κ3) is 5.11. The van der Waals surface area contributed by atoms with E-state index in [-0.39, 0.29) is 17.1 Å². The third-order valence-electron chi connectivity index (χ3n) is 7.13. The van der Waals surface area contributed by atoms with Crippen molar-refractivity contribution in [1.82, 2.24) is 30.1 Å². The Balaban J connectivity index is 1.55. The number of hydrogen-bond donors (Lipinski definition) is 1. The molecule has 4 heterocycles. The Morgan fingerprint density at radius 3 is 2.62 bits per heavy atom. The highest BCUT2D eigenvalue weighted by molar-refractivity contribution is 5.83. The minimum absolute atomic E-state index is 0.119. The van der Waals surface area contributed by atoms with Gasteiger partial charge in [0.25, 0.3) is 5.56 Å². The number of hydrogen-bond acceptors (Lipinski definition) is 8. The van der Waals surface area contributed by atoms with Crippen LogP contribution < -0.4 is 15.0 Å². The van der Waals surface area contributed by atoms with Crippen LogP contribution in [0, 0.1) is 0 Å². The summed E-state index contributed by atoms with van der Waals surface area (Å²) >= 11 is 0. The minimum Gasteiger partial charge on any atom is -0.486 e. The Hall–Kier alpha value is -3.66. The molecule has 3 aromatic heterocycles. The van der Waals surface area contributed by atoms with Gasteiger partial charge in [-0.15, -0.1) is 5.10 Å². The number of tetrazole rings is 1. The van der Waals surface area contributed by atoms with Crippen LogP contribution in [-0.2, 0) is 18.6 Å². The molecule has 1 aliphatic heterocycles. The molecule has 0 aliphatic carbocycles. The van der Waals surface area contributed by atoms with Gasteiger partial charge in [-0.2, -0.15) is 0 Å². The molecule has 5 rings (SSSR count). The molecule has 0 saturated carbocycles. The second-order valence-electron chi connectivity index (χ2n) is 10.1. The second kappa shape index (κ2) is 10.4. The topological polar surface area (TPSA) is 111 Å². The van der Waals surface area contributed by atoms with Crippen molar-refractivity contribution < 1.29 is 13.9 Å². The van der Waals surface area contributed by atoms with Gasteiger partial charge in [-0.05, 0) is 61.4 Å². The zero-order valence-electron chi connectivity index (χ0n) is 21.9. The average molecular weight is 507 g/mol.